The summed E-state index contributed by atoms with van der Waals surface area (Å²) in [6.45, 7) is 2.13. The lowest BCUT2D eigenvalue weighted by atomic mass is 9.77. The summed E-state index contributed by atoms with van der Waals surface area (Å²) in [5.74, 6) is 1.89. The molecule has 5 heteroatoms. The van der Waals surface area contributed by atoms with Gasteiger partial charge in [-0.1, -0.05) is 42.3 Å². The number of nitrogens with one attached hydrogen (secondary N) is 1. The Bertz CT molecular complexity index is 779. The van der Waals surface area contributed by atoms with Crippen molar-refractivity contribution in [1.82, 2.24) is 15.5 Å². The Morgan fingerprint density at radius 2 is 2.08 bits per heavy atom. The fourth-order valence-corrected chi connectivity index (χ4v) is 4.48. The average molecular weight is 353 g/mol. The van der Waals surface area contributed by atoms with E-state index in [0.29, 0.717) is 24.7 Å². The highest BCUT2D eigenvalue weighted by Gasteiger charge is 2.33. The molecule has 5 nitrogen and oxygen atoms in total. The van der Waals surface area contributed by atoms with Gasteiger partial charge in [0.15, 0.2) is 5.82 Å². The molecule has 1 fully saturated rings. The molecular weight excluding hydrogens is 326 g/mol. The van der Waals surface area contributed by atoms with Crippen molar-refractivity contribution < 1.29 is 9.32 Å². The van der Waals surface area contributed by atoms with Crippen LogP contribution in [-0.2, 0) is 23.2 Å². The van der Waals surface area contributed by atoms with Crippen LogP contribution >= 0.6 is 0 Å². The molecule has 1 amide bonds. The average Bonchev–Trinajstić information content (AvgIpc) is 3.32. The summed E-state index contributed by atoms with van der Waals surface area (Å²) in [5.41, 5.74) is 2.32. The molecule has 1 N–H and O–H groups in total. The van der Waals surface area contributed by atoms with Crippen LogP contribution in [0.5, 0.6) is 0 Å². The minimum atomic E-state index is -0.282. The lowest BCUT2D eigenvalue weighted by molar-refractivity contribution is -0.123. The molecule has 0 aliphatic heterocycles. The van der Waals surface area contributed by atoms with E-state index in [4.69, 9.17) is 4.52 Å². The van der Waals surface area contributed by atoms with Gasteiger partial charge in [-0.3, -0.25) is 4.79 Å². The second kappa shape index (κ2) is 7.22. The molecule has 1 aromatic carbocycles. The molecule has 0 radical (unpaired) electrons. The number of fused-ring (bicyclic) bond motifs is 1. The number of aromatic nitrogens is 2. The number of hydrogen-bond acceptors (Lipinski definition) is 4. The van der Waals surface area contributed by atoms with Gasteiger partial charge in [0, 0.05) is 18.8 Å². The molecule has 4 rings (SSSR count). The van der Waals surface area contributed by atoms with Crippen molar-refractivity contribution >= 4 is 5.91 Å². The Morgan fingerprint density at radius 1 is 1.27 bits per heavy atom. The molecule has 1 heterocycles. The number of hydrogen-bond donors (Lipinski definition) is 1. The van der Waals surface area contributed by atoms with Crippen LogP contribution in [0.1, 0.15) is 80.6 Å². The quantitative estimate of drug-likeness (QED) is 0.881. The molecule has 0 saturated heterocycles. The molecule has 0 spiro atoms. The summed E-state index contributed by atoms with van der Waals surface area (Å²) in [4.78, 5) is 17.1. The van der Waals surface area contributed by atoms with Gasteiger partial charge >= 0.3 is 0 Å². The molecule has 1 aromatic heterocycles. The normalized spacial score (nSPS) is 23.0. The molecule has 0 bridgehead atoms. The molecule has 2 aromatic rings. The van der Waals surface area contributed by atoms with Crippen molar-refractivity contribution in [2.24, 2.45) is 0 Å². The zero-order valence-corrected chi connectivity index (χ0v) is 15.5. The van der Waals surface area contributed by atoms with E-state index in [0.717, 1.165) is 37.9 Å². The van der Waals surface area contributed by atoms with Crippen molar-refractivity contribution in [2.75, 3.05) is 0 Å². The van der Waals surface area contributed by atoms with Crippen LogP contribution in [-0.4, -0.2) is 16.0 Å². The lowest BCUT2D eigenvalue weighted by Crippen LogP contribution is -2.45. The third kappa shape index (κ3) is 3.53. The van der Waals surface area contributed by atoms with E-state index >= 15 is 0 Å². The number of nitrogens with zero attached hydrogens (tertiary/aromatic N) is 2. The van der Waals surface area contributed by atoms with Crippen molar-refractivity contribution in [1.29, 1.82) is 0 Å². The maximum Gasteiger partial charge on any atom is 0.227 e. The summed E-state index contributed by atoms with van der Waals surface area (Å²) < 4.78 is 5.36. The zero-order valence-electron chi connectivity index (χ0n) is 15.5. The molecule has 2 aliphatic rings. The van der Waals surface area contributed by atoms with E-state index in [1.54, 1.807) is 0 Å². The van der Waals surface area contributed by atoms with Crippen molar-refractivity contribution in [3.63, 3.8) is 0 Å². The summed E-state index contributed by atoms with van der Waals surface area (Å²) in [6.07, 6.45) is 8.84. The first-order valence-electron chi connectivity index (χ1n) is 9.86. The summed E-state index contributed by atoms with van der Waals surface area (Å²) >= 11 is 0. The molecule has 26 heavy (non-hydrogen) atoms. The Balaban J connectivity index is 1.36. The first-order valence-corrected chi connectivity index (χ1v) is 9.86. The van der Waals surface area contributed by atoms with Gasteiger partial charge in [0.2, 0.25) is 11.8 Å². The summed E-state index contributed by atoms with van der Waals surface area (Å²) in [5, 5.41) is 7.37. The number of rotatable bonds is 5. The number of benzene rings is 1. The Morgan fingerprint density at radius 3 is 2.92 bits per heavy atom. The largest absolute Gasteiger partial charge is 0.347 e. The minimum absolute atomic E-state index is 0.0461. The topological polar surface area (TPSA) is 68.0 Å². The number of carbonyl (C=O) groups is 1. The predicted octanol–water partition coefficient (Wildman–Crippen LogP) is 4.03. The number of amides is 1. The van der Waals surface area contributed by atoms with Crippen molar-refractivity contribution in [2.45, 2.75) is 76.2 Å². The van der Waals surface area contributed by atoms with E-state index in [2.05, 4.69) is 46.6 Å². The molecule has 1 atom stereocenters. The van der Waals surface area contributed by atoms with Crippen LogP contribution in [0, 0.1) is 0 Å². The summed E-state index contributed by atoms with van der Waals surface area (Å²) in [6, 6.07) is 8.43. The van der Waals surface area contributed by atoms with Crippen LogP contribution < -0.4 is 5.32 Å². The van der Waals surface area contributed by atoms with Crippen LogP contribution in [0.25, 0.3) is 0 Å². The number of aryl methyl sites for hydroxylation is 2. The second-order valence-electron chi connectivity index (χ2n) is 7.92. The molecule has 1 unspecified atom stereocenters. The van der Waals surface area contributed by atoms with Gasteiger partial charge in [0.25, 0.3) is 0 Å². The smallest absolute Gasteiger partial charge is 0.227 e. The first kappa shape index (κ1) is 17.3. The van der Waals surface area contributed by atoms with E-state index < -0.39 is 0 Å². The minimum Gasteiger partial charge on any atom is -0.347 e. The van der Waals surface area contributed by atoms with E-state index in [9.17, 15) is 4.79 Å². The monoisotopic (exact) mass is 353 g/mol. The van der Waals surface area contributed by atoms with Crippen molar-refractivity contribution in [3.05, 3.63) is 47.1 Å². The Hall–Kier alpha value is -2.17. The van der Waals surface area contributed by atoms with Crippen LogP contribution in [0.15, 0.2) is 28.8 Å². The van der Waals surface area contributed by atoms with Gasteiger partial charge in [-0.15, -0.1) is 0 Å². The molecule has 1 saturated carbocycles. The standard InChI is InChI=1S/C21H27N3O2/c1-21(14-6-10-15-7-4-5-11-17(15)21)23-18(25)12-13-19-22-20(24-26-19)16-8-2-3-9-16/h4-5,7,11,16H,2-3,6,8-10,12-14H2,1H3,(H,23,25). The van der Waals surface area contributed by atoms with E-state index in [-0.39, 0.29) is 11.4 Å². The van der Waals surface area contributed by atoms with Crippen molar-refractivity contribution in [3.8, 4) is 0 Å². The summed E-state index contributed by atoms with van der Waals surface area (Å²) in [7, 11) is 0. The third-order valence-corrected chi connectivity index (χ3v) is 5.92. The number of carbonyl (C=O) groups excluding carboxylic acids is 1. The lowest BCUT2D eigenvalue weighted by Gasteiger charge is -2.37. The van der Waals surface area contributed by atoms with Gasteiger partial charge in [0.05, 0.1) is 5.54 Å². The van der Waals surface area contributed by atoms with Gasteiger partial charge in [-0.2, -0.15) is 4.98 Å². The van der Waals surface area contributed by atoms with Gasteiger partial charge in [-0.25, -0.2) is 0 Å². The fourth-order valence-electron chi connectivity index (χ4n) is 4.48. The maximum absolute atomic E-state index is 12.6. The molecule has 2 aliphatic carbocycles. The fraction of sp³-hybridized carbons (Fsp3) is 0.571. The van der Waals surface area contributed by atoms with E-state index in [1.165, 1.54) is 24.0 Å². The predicted molar refractivity (Wildman–Crippen MR) is 98.7 cm³/mol. The molecule has 138 valence electrons. The van der Waals surface area contributed by atoms with Gasteiger partial charge < -0.3 is 9.84 Å². The second-order valence-corrected chi connectivity index (χ2v) is 7.92. The Kier molecular flexibility index (Phi) is 4.79. The Labute approximate surface area is 154 Å². The van der Waals surface area contributed by atoms with Crippen LogP contribution in [0.3, 0.4) is 0 Å². The highest BCUT2D eigenvalue weighted by molar-refractivity contribution is 5.77. The highest BCUT2D eigenvalue weighted by atomic mass is 16.5. The maximum atomic E-state index is 12.6. The van der Waals surface area contributed by atoms with Gasteiger partial charge in [0.1, 0.15) is 0 Å². The van der Waals surface area contributed by atoms with Crippen LogP contribution in [0.2, 0.25) is 0 Å². The highest BCUT2D eigenvalue weighted by Crippen LogP contribution is 2.35. The van der Waals surface area contributed by atoms with Crippen LogP contribution in [0.4, 0.5) is 0 Å². The SMILES string of the molecule is CC1(NC(=O)CCc2nc(C3CCCC3)no2)CCCc2ccccc21. The first-order chi connectivity index (χ1) is 12.6. The van der Waals surface area contributed by atoms with E-state index in [1.807, 2.05) is 0 Å². The zero-order chi connectivity index (χ0) is 18.0. The van der Waals surface area contributed by atoms with Gasteiger partial charge in [-0.05, 0) is 50.2 Å². The third-order valence-electron chi connectivity index (χ3n) is 5.92. The molecular formula is C21H27N3O2.